The van der Waals surface area contributed by atoms with Gasteiger partial charge in [0.15, 0.2) is 0 Å². The van der Waals surface area contributed by atoms with Crippen LogP contribution in [0.5, 0.6) is 0 Å². The molecule has 4 heteroatoms. The topological polar surface area (TPSA) is 55.1 Å². The summed E-state index contributed by atoms with van der Waals surface area (Å²) in [6.45, 7) is 6.30. The number of hydrogen-bond donors (Lipinski definition) is 2. The number of nitrogens with two attached hydrogens (primary N) is 1. The number of benzene rings is 1. The van der Waals surface area contributed by atoms with Gasteiger partial charge in [-0.25, -0.2) is 0 Å². The molecule has 0 aliphatic carbocycles. The van der Waals surface area contributed by atoms with E-state index >= 15 is 0 Å². The summed E-state index contributed by atoms with van der Waals surface area (Å²) in [5, 5.41) is 2.83. The van der Waals surface area contributed by atoms with Crippen molar-refractivity contribution in [3.05, 3.63) is 34.9 Å². The highest BCUT2D eigenvalue weighted by Gasteiger charge is 2.11. The molecule has 3 N–H and O–H groups in total. The third kappa shape index (κ3) is 3.82. The second-order valence-electron chi connectivity index (χ2n) is 4.33. The summed E-state index contributed by atoms with van der Waals surface area (Å²) in [6, 6.07) is 5.76. The maximum absolute atomic E-state index is 11.9. The quantitative estimate of drug-likeness (QED) is 0.803. The summed E-state index contributed by atoms with van der Waals surface area (Å²) in [5.74, 6) is -0.0645. The van der Waals surface area contributed by atoms with E-state index in [2.05, 4.69) is 5.32 Å². The predicted molar refractivity (Wildman–Crippen MR) is 74.2 cm³/mol. The van der Waals surface area contributed by atoms with Gasteiger partial charge in [0.05, 0.1) is 4.99 Å². The number of hydrogen-bond acceptors (Lipinski definition) is 2. The van der Waals surface area contributed by atoms with E-state index in [0.717, 1.165) is 11.1 Å². The van der Waals surface area contributed by atoms with Gasteiger partial charge < -0.3 is 11.1 Å². The molecule has 1 aromatic rings. The first-order chi connectivity index (χ1) is 7.91. The number of carbonyl (C=O) groups excluding carboxylic acids is 1. The molecule has 0 fully saturated rings. The lowest BCUT2D eigenvalue weighted by molar-refractivity contribution is 0.0950. The number of amides is 1. The molecule has 0 saturated heterocycles. The Labute approximate surface area is 107 Å². The minimum atomic E-state index is -0.0781. The summed E-state index contributed by atoms with van der Waals surface area (Å²) in [5.41, 5.74) is 8.32. The summed E-state index contributed by atoms with van der Waals surface area (Å²) in [4.78, 5) is 12.3. The van der Waals surface area contributed by atoms with Crippen molar-refractivity contribution in [1.82, 2.24) is 5.32 Å². The van der Waals surface area contributed by atoms with Crippen LogP contribution in [-0.4, -0.2) is 17.4 Å². The second-order valence-corrected chi connectivity index (χ2v) is 4.80. The third-order valence-electron chi connectivity index (χ3n) is 2.68. The Hall–Kier alpha value is -1.42. The molecule has 1 atom stereocenters. The van der Waals surface area contributed by atoms with E-state index in [1.165, 1.54) is 0 Å². The van der Waals surface area contributed by atoms with E-state index in [1.807, 2.05) is 39.0 Å². The smallest absolute Gasteiger partial charge is 0.251 e. The van der Waals surface area contributed by atoms with Crippen LogP contribution in [0.4, 0.5) is 0 Å². The summed E-state index contributed by atoms with van der Waals surface area (Å²) in [6.07, 6.45) is 0. The SMILES string of the molecule is Cc1ccc(C(=O)NCC(C)C(N)=S)c(C)c1. The van der Waals surface area contributed by atoms with Crippen LogP contribution in [0.15, 0.2) is 18.2 Å². The van der Waals surface area contributed by atoms with Crippen molar-refractivity contribution < 1.29 is 4.79 Å². The molecule has 17 heavy (non-hydrogen) atoms. The standard InChI is InChI=1S/C13H18N2OS/c1-8-4-5-11(9(2)6-8)13(16)15-7-10(3)12(14)17/h4-6,10H,7H2,1-3H3,(H2,14,17)(H,15,16). The average molecular weight is 250 g/mol. The van der Waals surface area contributed by atoms with Gasteiger partial charge in [0.25, 0.3) is 5.91 Å². The van der Waals surface area contributed by atoms with Crippen molar-refractivity contribution >= 4 is 23.1 Å². The molecule has 1 amide bonds. The van der Waals surface area contributed by atoms with Crippen LogP contribution >= 0.6 is 12.2 Å². The highest BCUT2D eigenvalue weighted by Crippen LogP contribution is 2.10. The van der Waals surface area contributed by atoms with Crippen molar-refractivity contribution in [2.24, 2.45) is 11.7 Å². The van der Waals surface area contributed by atoms with Crippen LogP contribution in [0.25, 0.3) is 0 Å². The fraction of sp³-hybridized carbons (Fsp3) is 0.385. The van der Waals surface area contributed by atoms with Gasteiger partial charge in [0.2, 0.25) is 0 Å². The van der Waals surface area contributed by atoms with E-state index in [-0.39, 0.29) is 11.8 Å². The summed E-state index contributed by atoms with van der Waals surface area (Å²) in [7, 11) is 0. The maximum Gasteiger partial charge on any atom is 0.251 e. The van der Waals surface area contributed by atoms with E-state index < -0.39 is 0 Å². The molecule has 0 bridgehead atoms. The largest absolute Gasteiger partial charge is 0.393 e. The number of thiocarbonyl (C=S) groups is 1. The van der Waals surface area contributed by atoms with Gasteiger partial charge in [0.1, 0.15) is 0 Å². The fourth-order valence-corrected chi connectivity index (χ4v) is 1.59. The van der Waals surface area contributed by atoms with E-state index in [4.69, 9.17) is 18.0 Å². The number of aryl methyl sites for hydroxylation is 2. The molecule has 0 radical (unpaired) electrons. The number of nitrogens with one attached hydrogen (secondary N) is 1. The molecule has 1 aromatic carbocycles. The van der Waals surface area contributed by atoms with Crippen molar-refractivity contribution in [3.63, 3.8) is 0 Å². The van der Waals surface area contributed by atoms with Crippen LogP contribution in [0.1, 0.15) is 28.4 Å². The Morgan fingerprint density at radius 2 is 2.12 bits per heavy atom. The zero-order valence-electron chi connectivity index (χ0n) is 10.4. The van der Waals surface area contributed by atoms with Crippen LogP contribution in [-0.2, 0) is 0 Å². The van der Waals surface area contributed by atoms with Gasteiger partial charge in [-0.05, 0) is 25.5 Å². The van der Waals surface area contributed by atoms with Gasteiger partial charge in [-0.3, -0.25) is 4.79 Å². The molecule has 0 aliphatic heterocycles. The molecular weight excluding hydrogens is 232 g/mol. The van der Waals surface area contributed by atoms with Crippen LogP contribution in [0, 0.1) is 19.8 Å². The molecule has 92 valence electrons. The van der Waals surface area contributed by atoms with Gasteiger partial charge in [-0.1, -0.05) is 36.8 Å². The van der Waals surface area contributed by atoms with Gasteiger partial charge >= 0.3 is 0 Å². The third-order valence-corrected chi connectivity index (χ3v) is 3.08. The van der Waals surface area contributed by atoms with Crippen molar-refractivity contribution in [2.45, 2.75) is 20.8 Å². The van der Waals surface area contributed by atoms with E-state index in [0.29, 0.717) is 17.1 Å². The van der Waals surface area contributed by atoms with Crippen LogP contribution < -0.4 is 11.1 Å². The van der Waals surface area contributed by atoms with Crippen LogP contribution in [0.2, 0.25) is 0 Å². The molecule has 0 aromatic heterocycles. The lowest BCUT2D eigenvalue weighted by Crippen LogP contribution is -2.33. The molecule has 0 saturated carbocycles. The van der Waals surface area contributed by atoms with E-state index in [9.17, 15) is 4.79 Å². The second kappa shape index (κ2) is 5.77. The highest BCUT2D eigenvalue weighted by molar-refractivity contribution is 7.80. The molecule has 0 aliphatic rings. The molecular formula is C13H18N2OS. The van der Waals surface area contributed by atoms with Crippen molar-refractivity contribution in [3.8, 4) is 0 Å². The Balaban J connectivity index is 2.67. The molecule has 0 spiro atoms. The summed E-state index contributed by atoms with van der Waals surface area (Å²) >= 11 is 4.86. The minimum absolute atomic E-state index is 0.0136. The lowest BCUT2D eigenvalue weighted by Gasteiger charge is -2.12. The number of carbonyl (C=O) groups is 1. The van der Waals surface area contributed by atoms with Crippen molar-refractivity contribution in [2.75, 3.05) is 6.54 Å². The zero-order chi connectivity index (χ0) is 13.0. The first-order valence-corrected chi connectivity index (χ1v) is 5.97. The Kier molecular flexibility index (Phi) is 4.63. The van der Waals surface area contributed by atoms with Crippen molar-refractivity contribution in [1.29, 1.82) is 0 Å². The van der Waals surface area contributed by atoms with E-state index in [1.54, 1.807) is 0 Å². The lowest BCUT2D eigenvalue weighted by atomic mass is 10.0. The predicted octanol–water partition coefficient (Wildman–Crippen LogP) is 1.96. The first-order valence-electron chi connectivity index (χ1n) is 5.56. The monoisotopic (exact) mass is 250 g/mol. The summed E-state index contributed by atoms with van der Waals surface area (Å²) < 4.78 is 0. The van der Waals surface area contributed by atoms with Gasteiger partial charge in [0, 0.05) is 18.0 Å². The Morgan fingerprint density at radius 1 is 1.47 bits per heavy atom. The molecule has 1 unspecified atom stereocenters. The fourth-order valence-electron chi connectivity index (χ4n) is 1.51. The maximum atomic E-state index is 11.9. The van der Waals surface area contributed by atoms with Gasteiger partial charge in [-0.2, -0.15) is 0 Å². The van der Waals surface area contributed by atoms with Crippen LogP contribution in [0.3, 0.4) is 0 Å². The average Bonchev–Trinajstić information content (AvgIpc) is 2.25. The molecule has 3 nitrogen and oxygen atoms in total. The minimum Gasteiger partial charge on any atom is -0.393 e. The Bertz CT molecular complexity index is 443. The normalized spacial score (nSPS) is 11.9. The molecule has 1 rings (SSSR count). The first kappa shape index (κ1) is 13.6. The van der Waals surface area contributed by atoms with Gasteiger partial charge in [-0.15, -0.1) is 0 Å². The Morgan fingerprint density at radius 3 is 2.65 bits per heavy atom. The zero-order valence-corrected chi connectivity index (χ0v) is 11.2. The number of rotatable bonds is 4. The highest BCUT2D eigenvalue weighted by atomic mass is 32.1. The molecule has 0 heterocycles.